The van der Waals surface area contributed by atoms with E-state index in [0.29, 0.717) is 5.92 Å². The van der Waals surface area contributed by atoms with Gasteiger partial charge in [-0.15, -0.1) is 11.6 Å². The van der Waals surface area contributed by atoms with E-state index in [9.17, 15) is 16.8 Å². The lowest BCUT2D eigenvalue weighted by molar-refractivity contribution is 0.246. The molecular weight excluding hydrogens is 334 g/mol. The van der Waals surface area contributed by atoms with Gasteiger partial charge in [-0.2, -0.15) is 0 Å². The summed E-state index contributed by atoms with van der Waals surface area (Å²) in [5, 5.41) is -0.611. The zero-order valence-corrected chi connectivity index (χ0v) is 14.7. The molecule has 21 heavy (non-hydrogen) atoms. The molecule has 0 unspecified atom stereocenters. The van der Waals surface area contributed by atoms with E-state index in [2.05, 4.69) is 11.6 Å². The number of rotatable bonds is 4. The van der Waals surface area contributed by atoms with E-state index in [1.165, 1.54) is 0 Å². The van der Waals surface area contributed by atoms with E-state index >= 15 is 0 Å². The number of alkyl halides is 1. The first-order valence-corrected chi connectivity index (χ1v) is 11.4. The van der Waals surface area contributed by atoms with Gasteiger partial charge < -0.3 is 0 Å². The lowest BCUT2D eigenvalue weighted by Gasteiger charge is -2.39. The average molecular weight is 358 g/mol. The molecule has 0 aromatic carbocycles. The first-order chi connectivity index (χ1) is 9.68. The van der Waals surface area contributed by atoms with Crippen molar-refractivity contribution in [2.45, 2.75) is 56.2 Å². The minimum atomic E-state index is -3.52. The van der Waals surface area contributed by atoms with Gasteiger partial charge in [0.05, 0.1) is 16.8 Å². The Balaban J connectivity index is 2.06. The second-order valence-corrected chi connectivity index (χ2v) is 11.1. The van der Waals surface area contributed by atoms with Gasteiger partial charge >= 0.3 is 0 Å². The van der Waals surface area contributed by atoms with E-state index < -0.39 is 30.6 Å². The van der Waals surface area contributed by atoms with Crippen molar-refractivity contribution in [1.29, 1.82) is 0 Å². The monoisotopic (exact) mass is 357 g/mol. The third-order valence-electron chi connectivity index (χ3n) is 4.79. The molecule has 0 bridgehead atoms. The molecule has 2 aliphatic rings. The molecule has 2 rings (SSSR count). The van der Waals surface area contributed by atoms with Crippen LogP contribution in [0.3, 0.4) is 0 Å². The quantitative estimate of drug-likeness (QED) is 0.776. The van der Waals surface area contributed by atoms with Crippen molar-refractivity contribution >= 4 is 31.5 Å². The Morgan fingerprint density at radius 1 is 1.14 bits per heavy atom. The summed E-state index contributed by atoms with van der Waals surface area (Å²) in [4.78, 5) is 0. The molecule has 1 aliphatic heterocycles. The maximum Gasteiger partial charge on any atom is 0.215 e. The predicted octanol–water partition coefficient (Wildman–Crippen LogP) is 1.67. The molecular formula is C13H24ClNO4S2. The highest BCUT2D eigenvalue weighted by atomic mass is 35.5. The van der Waals surface area contributed by atoms with Crippen molar-refractivity contribution in [2.24, 2.45) is 5.92 Å². The van der Waals surface area contributed by atoms with Crippen molar-refractivity contribution in [3.8, 4) is 0 Å². The van der Waals surface area contributed by atoms with Crippen LogP contribution in [0, 0.1) is 5.92 Å². The Kier molecular flexibility index (Phi) is 5.28. The molecule has 0 spiro atoms. The minimum Gasteiger partial charge on any atom is -0.229 e. The van der Waals surface area contributed by atoms with Gasteiger partial charge in [0.15, 0.2) is 0 Å². The number of sulfonamides is 1. The van der Waals surface area contributed by atoms with Gasteiger partial charge in [0.25, 0.3) is 0 Å². The van der Waals surface area contributed by atoms with E-state index in [4.69, 9.17) is 11.6 Å². The topological polar surface area (TPSA) is 80.3 Å². The highest BCUT2D eigenvalue weighted by Gasteiger charge is 2.41. The standard InChI is InChI=1S/C13H24ClNO4S2/c1-11-2-6-13(10-14,7-3-11)15-21(18,19)12-4-8-20(16,17)9-5-12/h11-12,15H,2-10H2,1H3. The highest BCUT2D eigenvalue weighted by molar-refractivity contribution is 7.92. The van der Waals surface area contributed by atoms with E-state index in [0.717, 1.165) is 25.7 Å². The maximum absolute atomic E-state index is 12.5. The normalized spacial score (nSPS) is 34.7. The molecule has 0 amide bonds. The van der Waals surface area contributed by atoms with Crippen LogP contribution >= 0.6 is 11.6 Å². The van der Waals surface area contributed by atoms with Crippen molar-refractivity contribution in [1.82, 2.24) is 4.72 Å². The largest absolute Gasteiger partial charge is 0.229 e. The molecule has 1 saturated heterocycles. The van der Waals surface area contributed by atoms with E-state index in [1.54, 1.807) is 0 Å². The van der Waals surface area contributed by atoms with Crippen molar-refractivity contribution in [3.05, 3.63) is 0 Å². The Morgan fingerprint density at radius 2 is 1.67 bits per heavy atom. The van der Waals surface area contributed by atoms with Crippen LogP contribution in [0.4, 0.5) is 0 Å². The molecule has 124 valence electrons. The predicted molar refractivity (Wildman–Crippen MR) is 84.8 cm³/mol. The fourth-order valence-corrected chi connectivity index (χ4v) is 7.25. The number of sulfone groups is 1. The fourth-order valence-electron chi connectivity index (χ4n) is 3.14. The third kappa shape index (κ3) is 4.33. The Hall–Kier alpha value is 0.150. The van der Waals surface area contributed by atoms with Gasteiger partial charge in [-0.25, -0.2) is 21.6 Å². The van der Waals surface area contributed by atoms with Gasteiger partial charge in [-0.05, 0) is 44.4 Å². The number of halogens is 1. The summed E-state index contributed by atoms with van der Waals surface area (Å²) in [6.45, 7) is 2.17. The molecule has 0 aromatic heterocycles. The molecule has 5 nitrogen and oxygen atoms in total. The average Bonchev–Trinajstić information content (AvgIpc) is 2.41. The van der Waals surface area contributed by atoms with Crippen molar-refractivity contribution < 1.29 is 16.8 Å². The fraction of sp³-hybridized carbons (Fsp3) is 1.00. The first-order valence-electron chi connectivity index (χ1n) is 7.47. The van der Waals surface area contributed by atoms with Crippen LogP contribution < -0.4 is 4.72 Å². The summed E-state index contributed by atoms with van der Waals surface area (Å²) in [7, 11) is -6.58. The van der Waals surface area contributed by atoms with Crippen molar-refractivity contribution in [2.75, 3.05) is 17.4 Å². The molecule has 2 fully saturated rings. The molecule has 8 heteroatoms. The second kappa shape index (κ2) is 6.34. The Labute approximate surface area is 132 Å². The number of hydrogen-bond acceptors (Lipinski definition) is 4. The van der Waals surface area contributed by atoms with Crippen LogP contribution in [0.25, 0.3) is 0 Å². The van der Waals surface area contributed by atoms with Crippen LogP contribution in [-0.2, 0) is 19.9 Å². The minimum absolute atomic E-state index is 0.0382. The van der Waals surface area contributed by atoms with Gasteiger partial charge in [-0.1, -0.05) is 6.92 Å². The SMILES string of the molecule is CC1CCC(CCl)(NS(=O)(=O)C2CCS(=O)(=O)CC2)CC1. The first kappa shape index (κ1) is 17.5. The van der Waals surface area contributed by atoms with Crippen LogP contribution in [-0.4, -0.2) is 45.0 Å². The lowest BCUT2D eigenvalue weighted by Crippen LogP contribution is -2.55. The zero-order valence-electron chi connectivity index (χ0n) is 12.3. The summed E-state index contributed by atoms with van der Waals surface area (Å²) in [6.07, 6.45) is 3.81. The maximum atomic E-state index is 12.5. The van der Waals surface area contributed by atoms with Gasteiger partial charge in [0.1, 0.15) is 9.84 Å². The molecule has 1 N–H and O–H groups in total. The van der Waals surface area contributed by atoms with Gasteiger partial charge in [0, 0.05) is 11.4 Å². The molecule has 1 heterocycles. The van der Waals surface area contributed by atoms with Gasteiger partial charge in [0.2, 0.25) is 10.0 Å². The number of hydrogen-bond donors (Lipinski definition) is 1. The van der Waals surface area contributed by atoms with Crippen LogP contribution in [0.15, 0.2) is 0 Å². The molecule has 1 saturated carbocycles. The molecule has 0 aromatic rings. The lowest BCUT2D eigenvalue weighted by atomic mass is 9.79. The Morgan fingerprint density at radius 3 is 2.14 bits per heavy atom. The van der Waals surface area contributed by atoms with Crippen LogP contribution in [0.1, 0.15) is 45.4 Å². The second-order valence-electron chi connectivity index (χ2n) is 6.59. The van der Waals surface area contributed by atoms with Crippen molar-refractivity contribution in [3.63, 3.8) is 0 Å². The molecule has 1 aliphatic carbocycles. The third-order valence-corrected chi connectivity index (χ3v) is 9.08. The smallest absolute Gasteiger partial charge is 0.215 e. The summed E-state index contributed by atoms with van der Waals surface area (Å²) in [5.74, 6) is 0.794. The summed E-state index contributed by atoms with van der Waals surface area (Å²) in [6, 6.07) is 0. The summed E-state index contributed by atoms with van der Waals surface area (Å²) < 4.78 is 50.8. The van der Waals surface area contributed by atoms with Crippen LogP contribution in [0.2, 0.25) is 0 Å². The zero-order chi connectivity index (χ0) is 15.7. The van der Waals surface area contributed by atoms with E-state index in [-0.39, 0.29) is 30.2 Å². The highest BCUT2D eigenvalue weighted by Crippen LogP contribution is 2.34. The Bertz CT molecular complexity index is 551. The summed E-state index contributed by atoms with van der Waals surface area (Å²) in [5.41, 5.74) is -0.552. The number of nitrogens with one attached hydrogen (secondary N) is 1. The van der Waals surface area contributed by atoms with Gasteiger partial charge in [-0.3, -0.25) is 0 Å². The summed E-state index contributed by atoms with van der Waals surface area (Å²) >= 11 is 6.05. The molecule has 0 radical (unpaired) electrons. The molecule has 0 atom stereocenters. The van der Waals surface area contributed by atoms with Crippen LogP contribution in [0.5, 0.6) is 0 Å². The van der Waals surface area contributed by atoms with E-state index in [1.807, 2.05) is 0 Å².